The number of carbonyl (C=O) groups is 1. The maximum absolute atomic E-state index is 12.5. The molecule has 0 spiro atoms. The largest absolute Gasteiger partial charge is 0.465 e. The third-order valence-corrected chi connectivity index (χ3v) is 3.67. The van der Waals surface area contributed by atoms with Gasteiger partial charge in [-0.2, -0.15) is 13.2 Å². The smallest absolute Gasteiger partial charge is 0.394 e. The number of aromatic nitrogens is 1. The molecule has 0 unspecified atom stereocenters. The van der Waals surface area contributed by atoms with E-state index < -0.39 is 18.6 Å². The fourth-order valence-corrected chi connectivity index (χ4v) is 2.55. The van der Waals surface area contributed by atoms with E-state index in [0.29, 0.717) is 15.4 Å². The molecule has 1 heterocycles. The fourth-order valence-electron chi connectivity index (χ4n) is 2.06. The van der Waals surface area contributed by atoms with Crippen molar-refractivity contribution >= 4 is 32.8 Å². The van der Waals surface area contributed by atoms with Crippen molar-refractivity contribution in [2.24, 2.45) is 7.05 Å². The SMILES string of the molecule is COC(=O)c1cc2cc(CC(F)(F)F)n(C)c2cc1Br. The Labute approximate surface area is 121 Å². The quantitative estimate of drug-likeness (QED) is 0.771. The van der Waals surface area contributed by atoms with Gasteiger partial charge in [0.15, 0.2) is 0 Å². The van der Waals surface area contributed by atoms with E-state index in [2.05, 4.69) is 20.7 Å². The van der Waals surface area contributed by atoms with Crippen molar-refractivity contribution in [1.29, 1.82) is 0 Å². The number of nitrogens with zero attached hydrogens (tertiary/aromatic N) is 1. The molecule has 0 atom stereocenters. The summed E-state index contributed by atoms with van der Waals surface area (Å²) < 4.78 is 44.1. The lowest BCUT2D eigenvalue weighted by Gasteiger charge is -2.08. The molecule has 108 valence electrons. The van der Waals surface area contributed by atoms with Crippen LogP contribution in [0.4, 0.5) is 13.2 Å². The summed E-state index contributed by atoms with van der Waals surface area (Å²) in [4.78, 5) is 11.6. The zero-order valence-corrected chi connectivity index (χ0v) is 12.3. The Balaban J connectivity index is 2.57. The summed E-state index contributed by atoms with van der Waals surface area (Å²) >= 11 is 3.23. The molecule has 2 rings (SSSR count). The number of aryl methyl sites for hydroxylation is 1. The van der Waals surface area contributed by atoms with E-state index in [-0.39, 0.29) is 11.3 Å². The Hall–Kier alpha value is -1.50. The second-order valence-electron chi connectivity index (χ2n) is 4.37. The monoisotopic (exact) mass is 349 g/mol. The van der Waals surface area contributed by atoms with Crippen molar-refractivity contribution in [2.75, 3.05) is 7.11 Å². The highest BCUT2D eigenvalue weighted by atomic mass is 79.9. The molecule has 1 aromatic heterocycles. The molecule has 1 aromatic carbocycles. The molecule has 0 amide bonds. The highest BCUT2D eigenvalue weighted by Gasteiger charge is 2.29. The van der Waals surface area contributed by atoms with Gasteiger partial charge in [-0.25, -0.2) is 4.79 Å². The van der Waals surface area contributed by atoms with Crippen LogP contribution in [0.25, 0.3) is 10.9 Å². The van der Waals surface area contributed by atoms with Gasteiger partial charge in [-0.3, -0.25) is 0 Å². The van der Waals surface area contributed by atoms with Gasteiger partial charge in [0, 0.05) is 28.1 Å². The van der Waals surface area contributed by atoms with E-state index in [0.717, 1.165) is 0 Å². The molecule has 0 bridgehead atoms. The number of rotatable bonds is 2. The van der Waals surface area contributed by atoms with Crippen LogP contribution in [0.5, 0.6) is 0 Å². The summed E-state index contributed by atoms with van der Waals surface area (Å²) in [6, 6.07) is 4.56. The van der Waals surface area contributed by atoms with E-state index in [1.54, 1.807) is 13.1 Å². The van der Waals surface area contributed by atoms with Gasteiger partial charge in [0.1, 0.15) is 0 Å². The maximum Gasteiger partial charge on any atom is 0.394 e. The number of esters is 1. The number of ether oxygens (including phenoxy) is 1. The van der Waals surface area contributed by atoms with Gasteiger partial charge in [-0.05, 0) is 34.1 Å². The van der Waals surface area contributed by atoms with Gasteiger partial charge in [0.05, 0.1) is 19.1 Å². The van der Waals surface area contributed by atoms with Crippen LogP contribution in [0.2, 0.25) is 0 Å². The summed E-state index contributed by atoms with van der Waals surface area (Å²) in [5.41, 5.74) is 1.04. The minimum Gasteiger partial charge on any atom is -0.465 e. The first-order valence-electron chi connectivity index (χ1n) is 5.66. The predicted octanol–water partition coefficient (Wildman–Crippen LogP) is 3.83. The average Bonchev–Trinajstić information content (AvgIpc) is 2.62. The first-order valence-corrected chi connectivity index (χ1v) is 6.45. The Bertz CT molecular complexity index is 676. The predicted molar refractivity (Wildman–Crippen MR) is 71.7 cm³/mol. The molecule has 3 nitrogen and oxygen atoms in total. The van der Waals surface area contributed by atoms with Gasteiger partial charge >= 0.3 is 12.1 Å². The summed E-state index contributed by atoms with van der Waals surface area (Å²) in [5.74, 6) is -0.542. The van der Waals surface area contributed by atoms with Crippen LogP contribution in [0, 0.1) is 0 Å². The van der Waals surface area contributed by atoms with E-state index in [9.17, 15) is 18.0 Å². The van der Waals surface area contributed by atoms with Crippen molar-refractivity contribution in [2.45, 2.75) is 12.6 Å². The lowest BCUT2D eigenvalue weighted by atomic mass is 10.1. The molecule has 0 N–H and O–H groups in total. The minimum atomic E-state index is -4.27. The van der Waals surface area contributed by atoms with Crippen LogP contribution in [0.15, 0.2) is 22.7 Å². The standard InChI is InChI=1S/C13H11BrF3NO2/c1-18-8(6-13(15,16)17)3-7-4-9(12(19)20-2)10(14)5-11(7)18/h3-5H,6H2,1-2H3. The molecule has 0 saturated carbocycles. The number of halogens is 4. The van der Waals surface area contributed by atoms with Crippen molar-refractivity contribution in [3.8, 4) is 0 Å². The summed E-state index contributed by atoms with van der Waals surface area (Å²) in [5, 5.41) is 0.565. The Morgan fingerprint density at radius 1 is 1.35 bits per heavy atom. The van der Waals surface area contributed by atoms with E-state index in [1.807, 2.05) is 0 Å². The van der Waals surface area contributed by atoms with Crippen LogP contribution in [0.3, 0.4) is 0 Å². The zero-order valence-electron chi connectivity index (χ0n) is 10.7. The molecule has 0 aliphatic heterocycles. The van der Waals surface area contributed by atoms with E-state index in [4.69, 9.17) is 0 Å². The molecule has 0 saturated heterocycles. The molecule has 20 heavy (non-hydrogen) atoms. The first-order chi connectivity index (χ1) is 9.23. The van der Waals surface area contributed by atoms with Gasteiger partial charge in [-0.1, -0.05) is 0 Å². The third kappa shape index (κ3) is 2.82. The normalized spacial score (nSPS) is 11.9. The molecule has 2 aromatic rings. The molecule has 0 fully saturated rings. The van der Waals surface area contributed by atoms with Gasteiger partial charge in [0.2, 0.25) is 0 Å². The highest BCUT2D eigenvalue weighted by Crippen LogP contribution is 2.30. The molecular formula is C13H11BrF3NO2. The molecule has 0 aliphatic rings. The van der Waals surface area contributed by atoms with Crippen molar-refractivity contribution in [1.82, 2.24) is 4.57 Å². The number of carbonyl (C=O) groups excluding carboxylic acids is 1. The van der Waals surface area contributed by atoms with Crippen molar-refractivity contribution in [3.05, 3.63) is 33.9 Å². The Morgan fingerprint density at radius 2 is 2.00 bits per heavy atom. The fraction of sp³-hybridized carbons (Fsp3) is 0.308. The molecule has 7 heteroatoms. The third-order valence-electron chi connectivity index (χ3n) is 3.02. The van der Waals surface area contributed by atoms with Crippen LogP contribution < -0.4 is 0 Å². The number of hydrogen-bond donors (Lipinski definition) is 0. The maximum atomic E-state index is 12.5. The van der Waals surface area contributed by atoms with Crippen molar-refractivity contribution in [3.63, 3.8) is 0 Å². The van der Waals surface area contributed by atoms with Crippen molar-refractivity contribution < 1.29 is 22.7 Å². The second kappa shape index (κ2) is 5.12. The lowest BCUT2D eigenvalue weighted by Crippen LogP contribution is -2.14. The molecule has 0 radical (unpaired) electrons. The average molecular weight is 350 g/mol. The van der Waals surface area contributed by atoms with Gasteiger partial charge in [-0.15, -0.1) is 0 Å². The topological polar surface area (TPSA) is 31.2 Å². The number of alkyl halides is 3. The Morgan fingerprint density at radius 3 is 2.55 bits per heavy atom. The van der Waals surface area contributed by atoms with Crippen LogP contribution >= 0.6 is 15.9 Å². The van der Waals surface area contributed by atoms with Crippen LogP contribution in [-0.4, -0.2) is 23.8 Å². The Kier molecular flexibility index (Phi) is 3.82. The van der Waals surface area contributed by atoms with Crippen LogP contribution in [-0.2, 0) is 18.2 Å². The van der Waals surface area contributed by atoms with Gasteiger partial charge < -0.3 is 9.30 Å². The summed E-state index contributed by atoms with van der Waals surface area (Å²) in [6.45, 7) is 0. The second-order valence-corrected chi connectivity index (χ2v) is 5.22. The van der Waals surface area contributed by atoms with E-state index >= 15 is 0 Å². The lowest BCUT2D eigenvalue weighted by molar-refractivity contribution is -0.128. The van der Waals surface area contributed by atoms with E-state index in [1.165, 1.54) is 23.8 Å². The molecular weight excluding hydrogens is 339 g/mol. The minimum absolute atomic E-state index is 0.140. The number of hydrogen-bond acceptors (Lipinski definition) is 2. The highest BCUT2D eigenvalue weighted by molar-refractivity contribution is 9.10. The molecule has 0 aliphatic carbocycles. The number of fused-ring (bicyclic) bond motifs is 1. The number of methoxy groups -OCH3 is 1. The number of benzene rings is 1. The summed E-state index contributed by atoms with van der Waals surface area (Å²) in [7, 11) is 2.81. The zero-order chi connectivity index (χ0) is 15.1. The van der Waals surface area contributed by atoms with Gasteiger partial charge in [0.25, 0.3) is 0 Å². The van der Waals surface area contributed by atoms with Crippen LogP contribution in [0.1, 0.15) is 16.1 Å². The summed E-state index contributed by atoms with van der Waals surface area (Å²) in [6.07, 6.45) is -5.28. The first kappa shape index (κ1) is 14.9.